The molecule has 2 aromatic rings. The van der Waals surface area contributed by atoms with E-state index in [2.05, 4.69) is 12.1 Å². The molecular formula is C17H19ClO2. The fraction of sp³-hybridized carbons (Fsp3) is 0.294. The maximum absolute atomic E-state index is 9.29. The van der Waals surface area contributed by atoms with Crippen molar-refractivity contribution >= 4 is 11.6 Å². The lowest BCUT2D eigenvalue weighted by molar-refractivity contribution is 0.414. The molecule has 0 amide bonds. The van der Waals surface area contributed by atoms with Crippen molar-refractivity contribution in [2.24, 2.45) is 5.92 Å². The van der Waals surface area contributed by atoms with E-state index in [0.29, 0.717) is 17.5 Å². The highest BCUT2D eigenvalue weighted by Crippen LogP contribution is 2.20. The summed E-state index contributed by atoms with van der Waals surface area (Å²) in [6, 6.07) is 15.4. The van der Waals surface area contributed by atoms with Crippen LogP contribution in [0.4, 0.5) is 0 Å². The molecule has 0 saturated heterocycles. The quantitative estimate of drug-likeness (QED) is 0.814. The molecule has 0 aliphatic rings. The van der Waals surface area contributed by atoms with Gasteiger partial charge in [0.25, 0.3) is 0 Å². The predicted molar refractivity (Wildman–Crippen MR) is 82.7 cm³/mol. The van der Waals surface area contributed by atoms with Gasteiger partial charge in [-0.15, -0.1) is 11.6 Å². The van der Waals surface area contributed by atoms with Crippen LogP contribution in [0.2, 0.25) is 0 Å². The van der Waals surface area contributed by atoms with E-state index >= 15 is 0 Å². The standard InChI is InChI=1S/C17H19ClO2/c1-20-17-8-4-14(5-9-17)11-15(12-18)10-13-2-6-16(19)7-3-13/h2-9,15,19H,10-12H2,1H3. The van der Waals surface area contributed by atoms with Gasteiger partial charge >= 0.3 is 0 Å². The summed E-state index contributed by atoms with van der Waals surface area (Å²) < 4.78 is 5.16. The Morgan fingerprint density at radius 3 is 1.90 bits per heavy atom. The van der Waals surface area contributed by atoms with Crippen molar-refractivity contribution in [3.05, 3.63) is 59.7 Å². The summed E-state index contributed by atoms with van der Waals surface area (Å²) in [5.74, 6) is 2.17. The molecule has 20 heavy (non-hydrogen) atoms. The van der Waals surface area contributed by atoms with E-state index in [1.54, 1.807) is 19.2 Å². The van der Waals surface area contributed by atoms with E-state index in [0.717, 1.165) is 18.6 Å². The second-order valence-electron chi connectivity index (χ2n) is 4.94. The first-order chi connectivity index (χ1) is 9.71. The van der Waals surface area contributed by atoms with Gasteiger partial charge in [0.2, 0.25) is 0 Å². The minimum atomic E-state index is 0.298. The van der Waals surface area contributed by atoms with Crippen molar-refractivity contribution in [2.75, 3.05) is 13.0 Å². The number of hydrogen-bond donors (Lipinski definition) is 1. The summed E-state index contributed by atoms with van der Waals surface area (Å²) in [5.41, 5.74) is 2.46. The van der Waals surface area contributed by atoms with Crippen molar-refractivity contribution in [3.63, 3.8) is 0 Å². The highest BCUT2D eigenvalue weighted by atomic mass is 35.5. The molecule has 3 heteroatoms. The zero-order valence-electron chi connectivity index (χ0n) is 11.6. The van der Waals surface area contributed by atoms with Crippen LogP contribution in [-0.4, -0.2) is 18.1 Å². The normalized spacial score (nSPS) is 12.1. The largest absolute Gasteiger partial charge is 0.508 e. The third kappa shape index (κ3) is 4.17. The van der Waals surface area contributed by atoms with E-state index < -0.39 is 0 Å². The summed E-state index contributed by atoms with van der Waals surface area (Å²) in [4.78, 5) is 0. The average molecular weight is 291 g/mol. The van der Waals surface area contributed by atoms with Crippen LogP contribution in [0.25, 0.3) is 0 Å². The number of benzene rings is 2. The SMILES string of the molecule is COc1ccc(CC(CCl)Cc2ccc(O)cc2)cc1. The Hall–Kier alpha value is -1.67. The molecule has 0 aliphatic carbocycles. The molecule has 2 aromatic carbocycles. The minimum Gasteiger partial charge on any atom is -0.508 e. The Bertz CT molecular complexity index is 520. The number of halogens is 1. The molecule has 1 unspecified atom stereocenters. The lowest BCUT2D eigenvalue weighted by atomic mass is 9.94. The van der Waals surface area contributed by atoms with Gasteiger partial charge in [0.15, 0.2) is 0 Å². The van der Waals surface area contributed by atoms with Gasteiger partial charge in [-0.2, -0.15) is 0 Å². The monoisotopic (exact) mass is 290 g/mol. The van der Waals surface area contributed by atoms with Gasteiger partial charge in [-0.3, -0.25) is 0 Å². The molecule has 0 spiro atoms. The first-order valence-corrected chi connectivity index (χ1v) is 7.21. The van der Waals surface area contributed by atoms with Crippen molar-refractivity contribution in [2.45, 2.75) is 12.8 Å². The van der Waals surface area contributed by atoms with Gasteiger partial charge in [-0.1, -0.05) is 24.3 Å². The van der Waals surface area contributed by atoms with Gasteiger partial charge in [0, 0.05) is 5.88 Å². The Balaban J connectivity index is 1.99. The van der Waals surface area contributed by atoms with Crippen molar-refractivity contribution in [1.82, 2.24) is 0 Å². The van der Waals surface area contributed by atoms with E-state index in [1.807, 2.05) is 24.3 Å². The third-order valence-corrected chi connectivity index (χ3v) is 3.80. The molecule has 1 N–H and O–H groups in total. The topological polar surface area (TPSA) is 29.5 Å². The molecule has 0 saturated carbocycles. The zero-order chi connectivity index (χ0) is 14.4. The summed E-state index contributed by atoms with van der Waals surface area (Å²) in [7, 11) is 1.67. The van der Waals surface area contributed by atoms with Crippen LogP contribution in [0, 0.1) is 5.92 Å². The zero-order valence-corrected chi connectivity index (χ0v) is 12.3. The molecule has 0 aromatic heterocycles. The number of phenolic OH excluding ortho intramolecular Hbond substituents is 1. The van der Waals surface area contributed by atoms with E-state index in [-0.39, 0.29) is 0 Å². The maximum Gasteiger partial charge on any atom is 0.118 e. The lowest BCUT2D eigenvalue weighted by Crippen LogP contribution is -2.10. The number of phenols is 1. The summed E-state index contributed by atoms with van der Waals surface area (Å²) in [6.07, 6.45) is 1.85. The number of rotatable bonds is 6. The van der Waals surface area contributed by atoms with Crippen LogP contribution in [0.5, 0.6) is 11.5 Å². The number of alkyl halides is 1. The van der Waals surface area contributed by atoms with Gasteiger partial charge < -0.3 is 9.84 Å². The highest BCUT2D eigenvalue weighted by Gasteiger charge is 2.10. The lowest BCUT2D eigenvalue weighted by Gasteiger charge is -2.14. The van der Waals surface area contributed by atoms with Crippen molar-refractivity contribution < 1.29 is 9.84 Å². The molecule has 0 fully saturated rings. The predicted octanol–water partition coefficient (Wildman–Crippen LogP) is 4.04. The fourth-order valence-electron chi connectivity index (χ4n) is 2.24. The van der Waals surface area contributed by atoms with Crippen LogP contribution < -0.4 is 4.74 Å². The molecule has 106 valence electrons. The number of ether oxygens (including phenoxy) is 1. The third-order valence-electron chi connectivity index (χ3n) is 3.36. The van der Waals surface area contributed by atoms with E-state index in [4.69, 9.17) is 16.3 Å². The minimum absolute atomic E-state index is 0.298. The van der Waals surface area contributed by atoms with Crippen LogP contribution >= 0.6 is 11.6 Å². The van der Waals surface area contributed by atoms with Gasteiger partial charge in [0.1, 0.15) is 11.5 Å². The molecule has 0 bridgehead atoms. The number of methoxy groups -OCH3 is 1. The molecule has 2 rings (SSSR count). The summed E-state index contributed by atoms with van der Waals surface area (Å²) in [6.45, 7) is 0. The fourth-order valence-corrected chi connectivity index (χ4v) is 2.46. The van der Waals surface area contributed by atoms with Crippen molar-refractivity contribution in [1.29, 1.82) is 0 Å². The van der Waals surface area contributed by atoms with Gasteiger partial charge in [-0.25, -0.2) is 0 Å². The molecule has 1 atom stereocenters. The molecule has 0 radical (unpaired) electrons. The first-order valence-electron chi connectivity index (χ1n) is 6.68. The number of hydrogen-bond acceptors (Lipinski definition) is 2. The second kappa shape index (κ2) is 7.20. The Morgan fingerprint density at radius 2 is 1.45 bits per heavy atom. The molecule has 2 nitrogen and oxygen atoms in total. The Kier molecular flexibility index (Phi) is 5.31. The summed E-state index contributed by atoms with van der Waals surface area (Å²) in [5, 5.41) is 9.29. The average Bonchev–Trinajstić information content (AvgIpc) is 2.49. The Morgan fingerprint density at radius 1 is 0.950 bits per heavy atom. The Labute approximate surface area is 125 Å². The van der Waals surface area contributed by atoms with Crippen LogP contribution in [-0.2, 0) is 12.8 Å². The van der Waals surface area contributed by atoms with Crippen molar-refractivity contribution in [3.8, 4) is 11.5 Å². The maximum atomic E-state index is 9.29. The van der Waals surface area contributed by atoms with Crippen LogP contribution in [0.15, 0.2) is 48.5 Å². The number of aromatic hydroxyl groups is 1. The second-order valence-corrected chi connectivity index (χ2v) is 5.25. The van der Waals surface area contributed by atoms with Crippen LogP contribution in [0.3, 0.4) is 0 Å². The smallest absolute Gasteiger partial charge is 0.118 e. The van der Waals surface area contributed by atoms with Gasteiger partial charge in [0.05, 0.1) is 7.11 Å². The van der Waals surface area contributed by atoms with Crippen LogP contribution in [0.1, 0.15) is 11.1 Å². The van der Waals surface area contributed by atoms with Gasteiger partial charge in [-0.05, 0) is 54.2 Å². The summed E-state index contributed by atoms with van der Waals surface area (Å²) >= 11 is 6.08. The molecule has 0 aliphatic heterocycles. The van der Waals surface area contributed by atoms with E-state index in [1.165, 1.54) is 11.1 Å². The van der Waals surface area contributed by atoms with E-state index in [9.17, 15) is 5.11 Å². The highest BCUT2D eigenvalue weighted by molar-refractivity contribution is 6.18. The molecular weight excluding hydrogens is 272 g/mol. The molecule has 0 heterocycles. The first kappa shape index (κ1) is 14.7.